The van der Waals surface area contributed by atoms with Crippen molar-refractivity contribution < 1.29 is 9.53 Å². The molecule has 0 unspecified atom stereocenters. The molecule has 26 heavy (non-hydrogen) atoms. The summed E-state index contributed by atoms with van der Waals surface area (Å²) in [4.78, 5) is 12.9. The Morgan fingerprint density at radius 2 is 1.81 bits per heavy atom. The largest absolute Gasteiger partial charge is 0.496 e. The smallest absolute Gasteiger partial charge is 0.280 e. The van der Waals surface area contributed by atoms with Crippen LogP contribution in [-0.4, -0.2) is 18.7 Å². The van der Waals surface area contributed by atoms with Crippen molar-refractivity contribution in [3.63, 3.8) is 0 Å². The minimum Gasteiger partial charge on any atom is -0.496 e. The number of hydrogen-bond donors (Lipinski definition) is 0. The van der Waals surface area contributed by atoms with Crippen LogP contribution in [-0.2, 0) is 4.79 Å². The van der Waals surface area contributed by atoms with Crippen LogP contribution < -0.4 is 9.75 Å². The molecule has 2 aromatic rings. The molecule has 1 amide bonds. The van der Waals surface area contributed by atoms with E-state index in [1.54, 1.807) is 7.11 Å². The van der Waals surface area contributed by atoms with Crippen LogP contribution in [0, 0.1) is 6.92 Å². The number of hydrazone groups is 1. The lowest BCUT2D eigenvalue weighted by molar-refractivity contribution is -0.114. The van der Waals surface area contributed by atoms with E-state index in [1.165, 1.54) is 5.01 Å². The zero-order chi connectivity index (χ0) is 18.8. The van der Waals surface area contributed by atoms with Crippen molar-refractivity contribution in [3.8, 4) is 5.75 Å². The number of carbonyl (C=O) groups excluding carboxylic acids is 1. The Labute approximate surface area is 154 Å². The lowest BCUT2D eigenvalue weighted by Gasteiger charge is -2.15. The fourth-order valence-corrected chi connectivity index (χ4v) is 3.08. The van der Waals surface area contributed by atoms with Gasteiger partial charge in [-0.15, -0.1) is 0 Å². The van der Waals surface area contributed by atoms with E-state index in [9.17, 15) is 4.79 Å². The van der Waals surface area contributed by atoms with Crippen molar-refractivity contribution in [1.29, 1.82) is 0 Å². The second kappa shape index (κ2) is 7.16. The number of methoxy groups -OCH3 is 1. The first-order valence-corrected chi connectivity index (χ1v) is 8.77. The summed E-state index contributed by atoms with van der Waals surface area (Å²) in [6, 6.07) is 13.6. The summed E-state index contributed by atoms with van der Waals surface area (Å²) in [5, 5.41) is 5.91. The molecule has 0 bridgehead atoms. The molecule has 3 rings (SSSR count). The monoisotopic (exact) mass is 348 g/mol. The molecule has 1 heterocycles. The van der Waals surface area contributed by atoms with Crippen LogP contribution in [0.1, 0.15) is 43.4 Å². The fraction of sp³-hybridized carbons (Fsp3) is 0.273. The van der Waals surface area contributed by atoms with Gasteiger partial charge in [-0.1, -0.05) is 32.0 Å². The van der Waals surface area contributed by atoms with E-state index in [0.717, 1.165) is 33.8 Å². The third kappa shape index (κ3) is 3.27. The van der Waals surface area contributed by atoms with E-state index in [4.69, 9.17) is 4.74 Å². The van der Waals surface area contributed by atoms with Crippen LogP contribution in [0.15, 0.2) is 53.1 Å². The van der Waals surface area contributed by atoms with Gasteiger partial charge in [0.15, 0.2) is 0 Å². The van der Waals surface area contributed by atoms with Gasteiger partial charge in [-0.3, -0.25) is 4.79 Å². The van der Waals surface area contributed by atoms with Gasteiger partial charge in [0.2, 0.25) is 0 Å². The van der Waals surface area contributed by atoms with Gasteiger partial charge in [0, 0.05) is 0 Å². The number of aryl methyl sites for hydroxylation is 1. The van der Waals surface area contributed by atoms with Crippen molar-refractivity contribution >= 4 is 23.4 Å². The molecule has 0 atom stereocenters. The molecule has 4 heteroatoms. The number of hydrogen-bond acceptors (Lipinski definition) is 3. The molecule has 0 N–H and O–H groups in total. The van der Waals surface area contributed by atoms with Crippen LogP contribution in [0.25, 0.3) is 6.08 Å². The number of para-hydroxylation sites is 1. The van der Waals surface area contributed by atoms with E-state index in [2.05, 4.69) is 25.0 Å². The maximum Gasteiger partial charge on any atom is 0.280 e. The molecule has 0 saturated heterocycles. The quantitative estimate of drug-likeness (QED) is 0.735. The molecule has 0 fully saturated rings. The molecule has 2 aromatic carbocycles. The van der Waals surface area contributed by atoms with Gasteiger partial charge in [0.05, 0.1) is 24.1 Å². The number of carbonyl (C=O) groups is 1. The van der Waals surface area contributed by atoms with Gasteiger partial charge >= 0.3 is 0 Å². The Bertz CT molecular complexity index is 896. The lowest BCUT2D eigenvalue weighted by Crippen LogP contribution is -2.21. The van der Waals surface area contributed by atoms with Crippen molar-refractivity contribution in [2.75, 3.05) is 12.1 Å². The third-order valence-electron chi connectivity index (χ3n) is 4.60. The van der Waals surface area contributed by atoms with Gasteiger partial charge < -0.3 is 4.74 Å². The zero-order valence-corrected chi connectivity index (χ0v) is 15.9. The molecule has 0 saturated carbocycles. The summed E-state index contributed by atoms with van der Waals surface area (Å²) in [6.45, 7) is 8.16. The van der Waals surface area contributed by atoms with Crippen molar-refractivity contribution in [2.45, 2.75) is 33.6 Å². The van der Waals surface area contributed by atoms with Gasteiger partial charge in [-0.2, -0.15) is 10.1 Å². The highest BCUT2D eigenvalue weighted by molar-refractivity contribution is 6.32. The topological polar surface area (TPSA) is 41.9 Å². The molecular formula is C22H24N2O2. The minimum atomic E-state index is -0.102. The maximum atomic E-state index is 12.9. The van der Waals surface area contributed by atoms with Gasteiger partial charge in [0.25, 0.3) is 5.91 Å². The van der Waals surface area contributed by atoms with E-state index in [0.29, 0.717) is 11.5 Å². The first-order chi connectivity index (χ1) is 12.4. The highest BCUT2D eigenvalue weighted by Gasteiger charge is 2.28. The Morgan fingerprint density at radius 1 is 1.12 bits per heavy atom. The van der Waals surface area contributed by atoms with E-state index in [-0.39, 0.29) is 5.91 Å². The Balaban J connectivity index is 2.02. The predicted molar refractivity (Wildman–Crippen MR) is 107 cm³/mol. The first-order valence-electron chi connectivity index (χ1n) is 8.77. The second-order valence-electron chi connectivity index (χ2n) is 6.80. The van der Waals surface area contributed by atoms with E-state index < -0.39 is 0 Å². The summed E-state index contributed by atoms with van der Waals surface area (Å²) in [6.07, 6.45) is 1.94. The van der Waals surface area contributed by atoms with Gasteiger partial charge in [-0.25, -0.2) is 0 Å². The van der Waals surface area contributed by atoms with Gasteiger partial charge in [-0.05, 0) is 66.8 Å². The van der Waals surface area contributed by atoms with Crippen LogP contribution in [0.5, 0.6) is 5.75 Å². The molecular weight excluding hydrogens is 324 g/mol. The zero-order valence-electron chi connectivity index (χ0n) is 15.9. The number of anilines is 1. The highest BCUT2D eigenvalue weighted by atomic mass is 16.5. The molecule has 0 aromatic heterocycles. The van der Waals surface area contributed by atoms with E-state index >= 15 is 0 Å². The summed E-state index contributed by atoms with van der Waals surface area (Å²) >= 11 is 0. The number of amides is 1. The van der Waals surface area contributed by atoms with Crippen LogP contribution in [0.4, 0.5) is 5.69 Å². The summed E-state index contributed by atoms with van der Waals surface area (Å²) in [5.41, 5.74) is 5.33. The number of rotatable bonds is 4. The number of benzene rings is 2. The third-order valence-corrected chi connectivity index (χ3v) is 4.60. The molecule has 134 valence electrons. The number of ether oxygens (including phenoxy) is 1. The van der Waals surface area contributed by atoms with Crippen molar-refractivity contribution in [2.24, 2.45) is 5.10 Å². The summed E-state index contributed by atoms with van der Waals surface area (Å²) in [5.74, 6) is 1.11. The van der Waals surface area contributed by atoms with Crippen molar-refractivity contribution in [1.82, 2.24) is 0 Å². The Hall–Kier alpha value is -2.88. The molecule has 0 radical (unpaired) electrons. The van der Waals surface area contributed by atoms with Crippen LogP contribution in [0.2, 0.25) is 0 Å². The van der Waals surface area contributed by atoms with Crippen LogP contribution in [0.3, 0.4) is 0 Å². The summed E-state index contributed by atoms with van der Waals surface area (Å²) < 4.78 is 5.51. The predicted octanol–water partition coefficient (Wildman–Crippen LogP) is 4.93. The average molecular weight is 348 g/mol. The Kier molecular flexibility index (Phi) is 4.94. The van der Waals surface area contributed by atoms with Gasteiger partial charge in [0.1, 0.15) is 5.75 Å². The minimum absolute atomic E-state index is 0.102. The molecule has 0 aliphatic carbocycles. The standard InChI is InChI=1S/C22H24N2O2/c1-14(2)19-12-17(15(3)11-21(19)26-5)13-20-16(4)23-24(22(20)25)18-9-7-6-8-10-18/h6-14H,1-5H3/b20-13+. The normalized spacial score (nSPS) is 15.8. The Morgan fingerprint density at radius 3 is 2.42 bits per heavy atom. The fourth-order valence-electron chi connectivity index (χ4n) is 3.08. The molecule has 0 spiro atoms. The molecule has 1 aliphatic rings. The van der Waals surface area contributed by atoms with Crippen molar-refractivity contribution in [3.05, 3.63) is 64.7 Å². The van der Waals surface area contributed by atoms with Crippen LogP contribution >= 0.6 is 0 Å². The maximum absolute atomic E-state index is 12.9. The average Bonchev–Trinajstić information content (AvgIpc) is 2.91. The lowest BCUT2D eigenvalue weighted by atomic mass is 9.95. The SMILES string of the molecule is COc1cc(C)c(/C=C2/C(=O)N(c3ccccc3)N=C2C)cc1C(C)C. The van der Waals surface area contributed by atoms with E-state index in [1.807, 2.05) is 56.3 Å². The number of nitrogens with zero attached hydrogens (tertiary/aromatic N) is 2. The molecule has 1 aliphatic heterocycles. The molecule has 4 nitrogen and oxygen atoms in total. The first kappa shape index (κ1) is 17.9. The second-order valence-corrected chi connectivity index (χ2v) is 6.80. The summed E-state index contributed by atoms with van der Waals surface area (Å²) in [7, 11) is 1.69. The highest BCUT2D eigenvalue weighted by Crippen LogP contribution is 2.32.